The SMILES string of the molecule is Cc1cnc2ccc3c(nc(Nc4nc5c(OCc6ccccc6)nc(N)nc5n4[C@H]4C[C@H](O[Si](C)(C)C(C)(C)C)[C@@H](CO[Si](C)(C)C(C)(C)C)O4)n3C)c2n1. The Balaban J connectivity index is 1.34. The van der Waals surface area contributed by atoms with Crippen molar-refractivity contribution in [2.75, 3.05) is 17.7 Å². The Bertz CT molecular complexity index is 2380. The molecule has 0 aliphatic carbocycles. The summed E-state index contributed by atoms with van der Waals surface area (Å²) < 4.78 is 31.2. The fraction of sp³-hybridized carbons (Fsp3) is 0.500. The van der Waals surface area contributed by atoms with Crippen molar-refractivity contribution >= 4 is 67.7 Å². The lowest BCUT2D eigenvalue weighted by molar-refractivity contribution is -0.0376. The second-order valence-electron chi connectivity index (χ2n) is 17.9. The number of nitrogens with one attached hydrogen (secondary N) is 1. The molecule has 1 aliphatic heterocycles. The van der Waals surface area contributed by atoms with Gasteiger partial charge < -0.3 is 28.6 Å². The highest BCUT2D eigenvalue weighted by molar-refractivity contribution is 6.74. The van der Waals surface area contributed by atoms with Gasteiger partial charge in [0.1, 0.15) is 30.0 Å². The second kappa shape index (κ2) is 14.5. The molecule has 0 bridgehead atoms. The summed E-state index contributed by atoms with van der Waals surface area (Å²) in [6, 6.07) is 13.9. The van der Waals surface area contributed by atoms with Crippen LogP contribution in [0.25, 0.3) is 33.2 Å². The van der Waals surface area contributed by atoms with E-state index in [1.165, 1.54) is 0 Å². The van der Waals surface area contributed by atoms with Gasteiger partial charge in [-0.15, -0.1) is 0 Å². The summed E-state index contributed by atoms with van der Waals surface area (Å²) in [5.74, 6) is 1.31. The molecule has 5 heterocycles. The third-order valence-corrected chi connectivity index (χ3v) is 20.8. The van der Waals surface area contributed by atoms with Crippen molar-refractivity contribution in [1.29, 1.82) is 0 Å². The van der Waals surface area contributed by atoms with Crippen molar-refractivity contribution in [2.45, 2.75) is 116 Å². The third-order valence-electron chi connectivity index (χ3n) is 11.8. The number of hydrogen-bond acceptors (Lipinski definition) is 12. The molecule has 0 unspecified atom stereocenters. The number of fused-ring (bicyclic) bond motifs is 4. The molecule has 2 aromatic carbocycles. The van der Waals surface area contributed by atoms with Gasteiger partial charge in [-0.3, -0.25) is 14.9 Å². The summed E-state index contributed by atoms with van der Waals surface area (Å²) in [4.78, 5) is 28.8. The smallest absolute Gasteiger partial charge is 0.247 e. The Morgan fingerprint density at radius 3 is 2.25 bits per heavy atom. The zero-order valence-corrected chi connectivity index (χ0v) is 36.8. The van der Waals surface area contributed by atoms with Crippen molar-refractivity contribution in [2.24, 2.45) is 7.05 Å². The van der Waals surface area contributed by atoms with Crippen LogP contribution in [-0.2, 0) is 27.2 Å². The Hall–Kier alpha value is -4.49. The standard InChI is InChI=1S/C40H56N10O4Si2/c1-24-21-42-26-18-19-27-32(31(26)43-24)44-37(49(27)8)48-38-45-33-34(46-36(41)47-35(33)51-22-25-16-14-13-15-17-25)50(38)30-20-28(54-56(11,12)40(5,6)7)29(53-30)23-52-55(9,10)39(2,3)4/h13-19,21,28-30H,20,22-23H2,1-12H3,(H2,41,46,47)(H,44,45,48)/t28-,29+,30+/m0/s1. The summed E-state index contributed by atoms with van der Waals surface area (Å²) in [5, 5.41) is 3.55. The molecule has 0 saturated carbocycles. The number of aryl methyl sites for hydroxylation is 2. The van der Waals surface area contributed by atoms with E-state index in [1.807, 2.05) is 65.6 Å². The van der Waals surface area contributed by atoms with Crippen molar-refractivity contribution < 1.29 is 18.3 Å². The van der Waals surface area contributed by atoms with Gasteiger partial charge in [-0.05, 0) is 60.9 Å². The van der Waals surface area contributed by atoms with Gasteiger partial charge in [0.25, 0.3) is 0 Å². The Morgan fingerprint density at radius 2 is 1.55 bits per heavy atom. The number of hydrogen-bond donors (Lipinski definition) is 2. The molecule has 0 amide bonds. The summed E-state index contributed by atoms with van der Waals surface area (Å²) in [6.07, 6.45) is 1.16. The van der Waals surface area contributed by atoms with Crippen LogP contribution in [0.5, 0.6) is 5.88 Å². The average molecular weight is 797 g/mol. The van der Waals surface area contributed by atoms with E-state index in [0.717, 1.165) is 33.3 Å². The molecule has 3 N–H and O–H groups in total. The first-order chi connectivity index (χ1) is 26.2. The van der Waals surface area contributed by atoms with Gasteiger partial charge >= 0.3 is 0 Å². The first-order valence-corrected chi connectivity index (χ1v) is 25.1. The number of nitrogen functional groups attached to an aromatic ring is 1. The molecule has 0 spiro atoms. The van der Waals surface area contributed by atoms with Crippen LogP contribution in [-0.4, -0.2) is 74.5 Å². The van der Waals surface area contributed by atoms with Crippen LogP contribution in [0.4, 0.5) is 17.8 Å². The lowest BCUT2D eigenvalue weighted by Crippen LogP contribution is -2.48. The van der Waals surface area contributed by atoms with E-state index in [2.05, 4.69) is 83.0 Å². The maximum absolute atomic E-state index is 7.15. The van der Waals surface area contributed by atoms with Crippen LogP contribution < -0.4 is 15.8 Å². The number of rotatable bonds is 11. The number of aromatic nitrogens is 8. The van der Waals surface area contributed by atoms with Crippen LogP contribution in [0.1, 0.15) is 65.4 Å². The van der Waals surface area contributed by atoms with Gasteiger partial charge in [-0.1, -0.05) is 71.9 Å². The first-order valence-electron chi connectivity index (χ1n) is 19.3. The largest absolute Gasteiger partial charge is 0.471 e. The maximum Gasteiger partial charge on any atom is 0.247 e. The highest BCUT2D eigenvalue weighted by atomic mass is 28.4. The molecular weight excluding hydrogens is 741 g/mol. The summed E-state index contributed by atoms with van der Waals surface area (Å²) >= 11 is 0. The number of nitrogens with zero attached hydrogens (tertiary/aromatic N) is 8. The zero-order chi connectivity index (χ0) is 40.4. The number of anilines is 3. The molecule has 7 rings (SSSR count). The van der Waals surface area contributed by atoms with Crippen LogP contribution in [0.15, 0.2) is 48.7 Å². The molecule has 1 saturated heterocycles. The lowest BCUT2D eigenvalue weighted by Gasteiger charge is -2.40. The molecule has 4 aromatic heterocycles. The zero-order valence-electron chi connectivity index (χ0n) is 34.8. The van der Waals surface area contributed by atoms with E-state index in [4.69, 9.17) is 44.0 Å². The van der Waals surface area contributed by atoms with Gasteiger partial charge in [0.05, 0.1) is 29.4 Å². The third kappa shape index (κ3) is 7.64. The Kier molecular flexibility index (Phi) is 10.3. The molecule has 1 aliphatic rings. The molecule has 298 valence electrons. The van der Waals surface area contributed by atoms with Gasteiger partial charge in [-0.2, -0.15) is 9.97 Å². The molecule has 14 nitrogen and oxygen atoms in total. The number of benzene rings is 2. The fourth-order valence-corrected chi connectivity index (χ4v) is 8.75. The normalized spacial score (nSPS) is 18.4. The molecule has 3 atom stereocenters. The average Bonchev–Trinajstić information content (AvgIpc) is 3.78. The fourth-order valence-electron chi connectivity index (χ4n) is 6.38. The van der Waals surface area contributed by atoms with E-state index in [0.29, 0.717) is 36.1 Å². The minimum absolute atomic E-state index is 0.00961. The molecular formula is C40H56N10O4Si2. The summed E-state index contributed by atoms with van der Waals surface area (Å²) in [6.45, 7) is 25.2. The highest BCUT2D eigenvalue weighted by Gasteiger charge is 2.47. The highest BCUT2D eigenvalue weighted by Crippen LogP contribution is 2.44. The number of imidazole rings is 2. The number of ether oxygens (including phenoxy) is 2. The van der Waals surface area contributed by atoms with E-state index >= 15 is 0 Å². The number of nitrogens with two attached hydrogens (primary N) is 1. The van der Waals surface area contributed by atoms with Gasteiger partial charge in [0.2, 0.25) is 23.7 Å². The van der Waals surface area contributed by atoms with E-state index < -0.39 is 22.9 Å². The van der Waals surface area contributed by atoms with Gasteiger partial charge in [0.15, 0.2) is 27.8 Å². The van der Waals surface area contributed by atoms with Crippen molar-refractivity contribution in [3.05, 3.63) is 59.9 Å². The van der Waals surface area contributed by atoms with E-state index in [-0.39, 0.29) is 40.7 Å². The molecule has 56 heavy (non-hydrogen) atoms. The van der Waals surface area contributed by atoms with Crippen LogP contribution in [0.2, 0.25) is 36.3 Å². The van der Waals surface area contributed by atoms with E-state index in [1.54, 1.807) is 6.20 Å². The minimum Gasteiger partial charge on any atom is -0.471 e. The van der Waals surface area contributed by atoms with Gasteiger partial charge in [-0.25, -0.2) is 15.0 Å². The monoisotopic (exact) mass is 796 g/mol. The van der Waals surface area contributed by atoms with Crippen molar-refractivity contribution in [3.8, 4) is 5.88 Å². The second-order valence-corrected chi connectivity index (χ2v) is 27.5. The Morgan fingerprint density at radius 1 is 0.857 bits per heavy atom. The summed E-state index contributed by atoms with van der Waals surface area (Å²) in [7, 11) is -2.40. The van der Waals surface area contributed by atoms with Crippen LogP contribution in [0.3, 0.4) is 0 Å². The molecule has 0 radical (unpaired) electrons. The lowest BCUT2D eigenvalue weighted by atomic mass is 10.2. The predicted octanol–water partition coefficient (Wildman–Crippen LogP) is 8.57. The summed E-state index contributed by atoms with van der Waals surface area (Å²) in [5.41, 5.74) is 12.2. The van der Waals surface area contributed by atoms with Gasteiger partial charge in [0, 0.05) is 19.7 Å². The first kappa shape index (κ1) is 39.7. The topological polar surface area (TPSA) is 162 Å². The predicted molar refractivity (Wildman–Crippen MR) is 226 cm³/mol. The van der Waals surface area contributed by atoms with Crippen molar-refractivity contribution in [1.82, 2.24) is 39.0 Å². The minimum atomic E-state index is -2.23. The Labute approximate surface area is 330 Å². The van der Waals surface area contributed by atoms with Crippen LogP contribution >= 0.6 is 0 Å². The maximum atomic E-state index is 7.15. The molecule has 6 aromatic rings. The van der Waals surface area contributed by atoms with Crippen molar-refractivity contribution in [3.63, 3.8) is 0 Å². The molecule has 1 fully saturated rings. The van der Waals surface area contributed by atoms with E-state index in [9.17, 15) is 0 Å². The van der Waals surface area contributed by atoms with Crippen LogP contribution in [0, 0.1) is 6.92 Å². The molecule has 16 heteroatoms. The quantitative estimate of drug-likeness (QED) is 0.120.